The van der Waals surface area contributed by atoms with E-state index in [4.69, 9.17) is 5.10 Å². The molecular weight excluding hydrogens is 531 g/mol. The van der Waals surface area contributed by atoms with Crippen LogP contribution in [0.4, 0.5) is 24.8 Å². The van der Waals surface area contributed by atoms with Crippen molar-refractivity contribution in [2.24, 2.45) is 0 Å². The Morgan fingerprint density at radius 3 is 2.10 bits per heavy atom. The lowest BCUT2D eigenvalue weighted by molar-refractivity contribution is -0.137. The number of nitrogens with one attached hydrogen (secondary N) is 1. The Labute approximate surface area is 235 Å². The number of aliphatic hydroxyl groups is 1. The Morgan fingerprint density at radius 1 is 0.951 bits per heavy atom. The van der Waals surface area contributed by atoms with Crippen LogP contribution < -0.4 is 10.2 Å². The SMILES string of the molecule is C[C@H]1c2c(C3CCN(c4ccc(C(F)(F)F)cn4)CC3)nn(C(c3ccccc3)c3ccccc3)c2NC(=O)[C@@H]1O. The van der Waals surface area contributed by atoms with E-state index in [0.717, 1.165) is 34.6 Å². The van der Waals surface area contributed by atoms with Gasteiger partial charge in [-0.25, -0.2) is 9.67 Å². The Bertz CT molecular complexity index is 1480. The summed E-state index contributed by atoms with van der Waals surface area (Å²) >= 11 is 0. The molecule has 1 saturated heterocycles. The minimum atomic E-state index is -4.43. The van der Waals surface area contributed by atoms with Crippen molar-refractivity contribution in [3.05, 3.63) is 107 Å². The van der Waals surface area contributed by atoms with E-state index >= 15 is 0 Å². The average Bonchev–Trinajstić information content (AvgIpc) is 3.35. The third kappa shape index (κ3) is 5.08. The molecular formula is C31H30F3N5O2. The molecule has 0 spiro atoms. The summed E-state index contributed by atoms with van der Waals surface area (Å²) < 4.78 is 40.8. The van der Waals surface area contributed by atoms with Crippen molar-refractivity contribution in [2.45, 2.75) is 49.9 Å². The molecule has 10 heteroatoms. The van der Waals surface area contributed by atoms with Gasteiger partial charge in [0.15, 0.2) is 0 Å². The zero-order chi connectivity index (χ0) is 28.7. The van der Waals surface area contributed by atoms with Crippen molar-refractivity contribution in [3.63, 3.8) is 0 Å². The van der Waals surface area contributed by atoms with Gasteiger partial charge in [-0.1, -0.05) is 67.6 Å². The van der Waals surface area contributed by atoms with Crippen LogP contribution >= 0.6 is 0 Å². The van der Waals surface area contributed by atoms with Crippen LogP contribution in [-0.2, 0) is 11.0 Å². The predicted molar refractivity (Wildman–Crippen MR) is 149 cm³/mol. The summed E-state index contributed by atoms with van der Waals surface area (Å²) in [5, 5.41) is 18.8. The van der Waals surface area contributed by atoms with Gasteiger partial charge in [-0.3, -0.25) is 4.79 Å². The van der Waals surface area contributed by atoms with Crippen molar-refractivity contribution >= 4 is 17.5 Å². The summed E-state index contributed by atoms with van der Waals surface area (Å²) in [6.07, 6.45) is -3.35. The number of amides is 1. The van der Waals surface area contributed by atoms with Crippen molar-refractivity contribution in [3.8, 4) is 0 Å². The molecule has 0 radical (unpaired) electrons. The molecule has 0 bridgehead atoms. The van der Waals surface area contributed by atoms with Gasteiger partial charge < -0.3 is 15.3 Å². The number of hydrogen-bond donors (Lipinski definition) is 2. The zero-order valence-corrected chi connectivity index (χ0v) is 22.4. The van der Waals surface area contributed by atoms with Crippen LogP contribution in [0.15, 0.2) is 79.0 Å². The number of benzene rings is 2. The molecule has 0 saturated carbocycles. The van der Waals surface area contributed by atoms with Gasteiger partial charge in [-0.05, 0) is 36.1 Å². The summed E-state index contributed by atoms with van der Waals surface area (Å²) in [4.78, 5) is 18.9. The molecule has 4 heterocycles. The fourth-order valence-corrected chi connectivity index (χ4v) is 5.97. The number of halogens is 3. The first-order valence-electron chi connectivity index (χ1n) is 13.7. The van der Waals surface area contributed by atoms with E-state index in [-0.39, 0.29) is 12.0 Å². The summed E-state index contributed by atoms with van der Waals surface area (Å²) in [6, 6.07) is 22.1. The van der Waals surface area contributed by atoms with Gasteiger partial charge in [0.2, 0.25) is 0 Å². The Kier molecular flexibility index (Phi) is 7.03. The fraction of sp³-hybridized carbons (Fsp3) is 0.323. The highest BCUT2D eigenvalue weighted by molar-refractivity contribution is 5.97. The Hall–Kier alpha value is -4.18. The van der Waals surface area contributed by atoms with Gasteiger partial charge in [0.25, 0.3) is 5.91 Å². The van der Waals surface area contributed by atoms with E-state index in [1.165, 1.54) is 6.07 Å². The maximum atomic E-state index is 13.0. The molecule has 212 valence electrons. The predicted octanol–water partition coefficient (Wildman–Crippen LogP) is 5.74. The van der Waals surface area contributed by atoms with Crippen LogP contribution in [-0.4, -0.2) is 45.0 Å². The van der Waals surface area contributed by atoms with Crippen LogP contribution in [0.2, 0.25) is 0 Å². The minimum absolute atomic E-state index is 0.0348. The second-order valence-electron chi connectivity index (χ2n) is 10.7. The number of aromatic nitrogens is 3. The van der Waals surface area contributed by atoms with E-state index in [9.17, 15) is 23.1 Å². The molecule has 2 N–H and O–H groups in total. The van der Waals surface area contributed by atoms with Crippen LogP contribution in [0.1, 0.15) is 65.6 Å². The van der Waals surface area contributed by atoms with Crippen molar-refractivity contribution in [2.75, 3.05) is 23.3 Å². The number of aliphatic hydroxyl groups excluding tert-OH is 1. The lowest BCUT2D eigenvalue weighted by atomic mass is 9.84. The lowest BCUT2D eigenvalue weighted by Crippen LogP contribution is -2.38. The smallest absolute Gasteiger partial charge is 0.383 e. The normalized spacial score (nSPS) is 19.8. The van der Waals surface area contributed by atoms with Gasteiger partial charge in [0.1, 0.15) is 23.8 Å². The molecule has 1 amide bonds. The molecule has 1 fully saturated rings. The third-order valence-corrected chi connectivity index (χ3v) is 8.17. The van der Waals surface area contributed by atoms with Gasteiger partial charge in [0.05, 0.1) is 11.3 Å². The van der Waals surface area contributed by atoms with E-state index < -0.39 is 29.7 Å². The highest BCUT2D eigenvalue weighted by Crippen LogP contribution is 2.44. The second-order valence-corrected chi connectivity index (χ2v) is 10.7. The third-order valence-electron chi connectivity index (χ3n) is 8.17. The zero-order valence-electron chi connectivity index (χ0n) is 22.4. The average molecular weight is 562 g/mol. The Balaban J connectivity index is 1.36. The molecule has 0 unspecified atom stereocenters. The molecule has 2 aromatic heterocycles. The number of carbonyl (C=O) groups is 1. The number of fused-ring (bicyclic) bond motifs is 1. The summed E-state index contributed by atoms with van der Waals surface area (Å²) in [6.45, 7) is 3.03. The largest absolute Gasteiger partial charge is 0.417 e. The number of anilines is 2. The lowest BCUT2D eigenvalue weighted by Gasteiger charge is -2.33. The van der Waals surface area contributed by atoms with E-state index in [1.54, 1.807) is 0 Å². The molecule has 41 heavy (non-hydrogen) atoms. The quantitative estimate of drug-likeness (QED) is 0.325. The molecule has 2 atom stereocenters. The standard InChI is InChI=1S/C31H30F3N5O2/c1-19-25-26(20-14-16-38(17-15-20)24-13-12-23(18-35-24)31(32,33)34)37-39(29(25)36-30(41)28(19)40)27(21-8-4-2-5-9-21)22-10-6-3-7-11-22/h2-13,18-20,27-28,40H,14-17H2,1H3,(H,36,41)/t19-,28+/m0/s1. The highest BCUT2D eigenvalue weighted by Gasteiger charge is 2.41. The van der Waals surface area contributed by atoms with Crippen molar-refractivity contribution in [1.82, 2.24) is 14.8 Å². The van der Waals surface area contributed by atoms with Gasteiger partial charge in [-0.15, -0.1) is 0 Å². The number of hydrogen-bond acceptors (Lipinski definition) is 5. The molecule has 0 aliphatic carbocycles. The van der Waals surface area contributed by atoms with Gasteiger partial charge >= 0.3 is 6.18 Å². The van der Waals surface area contributed by atoms with Gasteiger partial charge in [-0.2, -0.15) is 18.3 Å². The maximum absolute atomic E-state index is 13.0. The topological polar surface area (TPSA) is 83.3 Å². The highest BCUT2D eigenvalue weighted by atomic mass is 19.4. The number of rotatable bonds is 5. The number of alkyl halides is 3. The summed E-state index contributed by atoms with van der Waals surface area (Å²) in [7, 11) is 0. The molecule has 2 aliphatic rings. The van der Waals surface area contributed by atoms with Crippen molar-refractivity contribution in [1.29, 1.82) is 0 Å². The van der Waals surface area contributed by atoms with Crippen molar-refractivity contribution < 1.29 is 23.1 Å². The van der Waals surface area contributed by atoms with E-state index in [0.29, 0.717) is 37.6 Å². The molecule has 2 aliphatic heterocycles. The second kappa shape index (κ2) is 10.7. The fourth-order valence-electron chi connectivity index (χ4n) is 5.97. The summed E-state index contributed by atoms with van der Waals surface area (Å²) in [5.74, 6) is 0.221. The Morgan fingerprint density at radius 2 is 1.56 bits per heavy atom. The summed E-state index contributed by atoms with van der Waals surface area (Å²) in [5.41, 5.74) is 2.91. The molecule has 4 aromatic rings. The van der Waals surface area contributed by atoms with Crippen LogP contribution in [0.25, 0.3) is 0 Å². The monoisotopic (exact) mass is 561 g/mol. The van der Waals surface area contributed by atoms with Crippen LogP contribution in [0, 0.1) is 0 Å². The minimum Gasteiger partial charge on any atom is -0.383 e. The first kappa shape index (κ1) is 27.0. The number of piperidine rings is 1. The molecule has 7 nitrogen and oxygen atoms in total. The van der Waals surface area contributed by atoms with E-state index in [1.807, 2.05) is 77.2 Å². The molecule has 6 rings (SSSR count). The molecule has 2 aromatic carbocycles. The van der Waals surface area contributed by atoms with Crippen LogP contribution in [0.5, 0.6) is 0 Å². The van der Waals surface area contributed by atoms with Crippen LogP contribution in [0.3, 0.4) is 0 Å². The number of nitrogens with zero attached hydrogens (tertiary/aromatic N) is 4. The first-order valence-corrected chi connectivity index (χ1v) is 13.7. The number of carbonyl (C=O) groups excluding carboxylic acids is 1. The number of pyridine rings is 1. The maximum Gasteiger partial charge on any atom is 0.417 e. The van der Waals surface area contributed by atoms with E-state index in [2.05, 4.69) is 10.3 Å². The van der Waals surface area contributed by atoms with Gasteiger partial charge in [0, 0.05) is 36.7 Å². The first-order chi connectivity index (χ1) is 19.7.